The third-order valence-electron chi connectivity index (χ3n) is 6.04. The zero-order valence-corrected chi connectivity index (χ0v) is 21.3. The van der Waals surface area contributed by atoms with Gasteiger partial charge in [0.1, 0.15) is 17.9 Å². The number of hydrogen-bond donors (Lipinski definition) is 0. The molecular formula is C30H34ClFO3. The third-order valence-corrected chi connectivity index (χ3v) is 6.27. The predicted molar refractivity (Wildman–Crippen MR) is 140 cm³/mol. The van der Waals surface area contributed by atoms with Gasteiger partial charge in [-0.25, -0.2) is 4.39 Å². The number of carbonyl (C=O) groups excluding carboxylic acids is 1. The van der Waals surface area contributed by atoms with Crippen LogP contribution in [0.3, 0.4) is 0 Å². The normalized spacial score (nSPS) is 17.3. The van der Waals surface area contributed by atoms with E-state index in [0.29, 0.717) is 6.61 Å². The van der Waals surface area contributed by atoms with Crippen LogP contribution in [0.1, 0.15) is 57.1 Å². The molecule has 0 spiro atoms. The molecule has 1 aliphatic carbocycles. The van der Waals surface area contributed by atoms with Crippen LogP contribution in [0.5, 0.6) is 5.75 Å². The van der Waals surface area contributed by atoms with E-state index in [1.807, 2.05) is 30.3 Å². The zero-order valence-electron chi connectivity index (χ0n) is 20.5. The Hall–Kier alpha value is -2.69. The lowest BCUT2D eigenvalue weighted by Gasteiger charge is -2.29. The van der Waals surface area contributed by atoms with Gasteiger partial charge in [0.2, 0.25) is 0 Å². The summed E-state index contributed by atoms with van der Waals surface area (Å²) in [6.07, 6.45) is 7.08. The summed E-state index contributed by atoms with van der Waals surface area (Å²) in [5.74, 6) is 0.639. The van der Waals surface area contributed by atoms with Crippen LogP contribution in [0, 0.1) is 5.82 Å². The third kappa shape index (κ3) is 8.48. The Morgan fingerprint density at radius 2 is 1.69 bits per heavy atom. The molecule has 0 aromatic heterocycles. The fourth-order valence-corrected chi connectivity index (χ4v) is 4.60. The number of aryl methyl sites for hydroxylation is 1. The fraction of sp³-hybridized carbons (Fsp3) is 0.367. The van der Waals surface area contributed by atoms with Gasteiger partial charge in [0.15, 0.2) is 0 Å². The van der Waals surface area contributed by atoms with Crippen molar-refractivity contribution in [2.75, 3.05) is 0 Å². The number of ether oxygens (including phenoxy) is 2. The average molecular weight is 497 g/mol. The standard InChI is InChI=1S/C28H30ClFO2.C2H4O/c1-2-5-21-10-11-27(18-28(21)22-7-4-9-24(30)17-22)32-26-14-12-25(13-15-26)31-19-20-6-3-8-23(29)16-20;1-2-3/h3-4,6-11,16-18,25-26H,2,5,12-15,19H2,1H3;2H,1H3. The lowest BCUT2D eigenvalue weighted by Crippen LogP contribution is -2.28. The van der Waals surface area contributed by atoms with Gasteiger partial charge in [0, 0.05) is 5.02 Å². The van der Waals surface area contributed by atoms with Crippen molar-refractivity contribution < 1.29 is 18.7 Å². The molecule has 35 heavy (non-hydrogen) atoms. The van der Waals surface area contributed by atoms with E-state index in [-0.39, 0.29) is 18.0 Å². The summed E-state index contributed by atoms with van der Waals surface area (Å²) in [5, 5.41) is 0.741. The van der Waals surface area contributed by atoms with E-state index in [1.165, 1.54) is 18.6 Å². The fourth-order valence-electron chi connectivity index (χ4n) is 4.39. The van der Waals surface area contributed by atoms with Crippen molar-refractivity contribution in [2.24, 2.45) is 0 Å². The second kappa shape index (κ2) is 14.0. The molecule has 0 bridgehead atoms. The second-order valence-electron chi connectivity index (χ2n) is 8.77. The Balaban J connectivity index is 0.00000108. The SMILES string of the molecule is CC=O.CCCc1ccc(OC2CCC(OCc3cccc(Cl)c3)CC2)cc1-c1cccc(F)c1. The molecule has 1 fully saturated rings. The van der Waals surface area contributed by atoms with E-state index in [2.05, 4.69) is 25.1 Å². The van der Waals surface area contributed by atoms with Gasteiger partial charge in [0.05, 0.1) is 18.8 Å². The molecule has 186 valence electrons. The van der Waals surface area contributed by atoms with Crippen LogP contribution < -0.4 is 4.74 Å². The number of carbonyl (C=O) groups is 1. The molecule has 4 rings (SSSR count). The van der Waals surface area contributed by atoms with Gasteiger partial charge >= 0.3 is 0 Å². The van der Waals surface area contributed by atoms with Gasteiger partial charge < -0.3 is 14.3 Å². The first kappa shape index (κ1) is 26.9. The minimum absolute atomic E-state index is 0.179. The maximum atomic E-state index is 13.8. The summed E-state index contributed by atoms with van der Waals surface area (Å²) in [5.41, 5.74) is 4.29. The van der Waals surface area contributed by atoms with Crippen molar-refractivity contribution in [1.29, 1.82) is 0 Å². The highest BCUT2D eigenvalue weighted by Crippen LogP contribution is 2.32. The first-order valence-corrected chi connectivity index (χ1v) is 12.7. The van der Waals surface area contributed by atoms with E-state index in [1.54, 1.807) is 12.1 Å². The van der Waals surface area contributed by atoms with Crippen molar-refractivity contribution >= 4 is 17.9 Å². The highest BCUT2D eigenvalue weighted by Gasteiger charge is 2.23. The van der Waals surface area contributed by atoms with Crippen molar-refractivity contribution in [2.45, 2.75) is 71.2 Å². The molecule has 0 heterocycles. The monoisotopic (exact) mass is 496 g/mol. The molecule has 0 N–H and O–H groups in total. The van der Waals surface area contributed by atoms with E-state index in [0.717, 1.165) is 72.3 Å². The summed E-state index contributed by atoms with van der Waals surface area (Å²) in [7, 11) is 0. The zero-order chi connectivity index (χ0) is 25.0. The van der Waals surface area contributed by atoms with Crippen molar-refractivity contribution in [1.82, 2.24) is 0 Å². The number of halogens is 2. The van der Waals surface area contributed by atoms with Crippen LogP contribution in [-0.2, 0) is 22.6 Å². The Kier molecular flexibility index (Phi) is 10.8. The number of hydrogen-bond acceptors (Lipinski definition) is 3. The Bertz CT molecular complexity index is 1080. The first-order valence-electron chi connectivity index (χ1n) is 12.3. The summed E-state index contributed by atoms with van der Waals surface area (Å²) in [6.45, 7) is 4.19. The molecule has 0 radical (unpaired) electrons. The quantitative estimate of drug-likeness (QED) is 0.295. The molecule has 0 amide bonds. The molecule has 3 aromatic rings. The molecule has 0 atom stereocenters. The van der Waals surface area contributed by atoms with Crippen LogP contribution >= 0.6 is 11.6 Å². The molecular weight excluding hydrogens is 463 g/mol. The topological polar surface area (TPSA) is 35.5 Å². The molecule has 1 saturated carbocycles. The smallest absolute Gasteiger partial charge is 0.123 e. The minimum atomic E-state index is -0.215. The highest BCUT2D eigenvalue weighted by molar-refractivity contribution is 6.30. The van der Waals surface area contributed by atoms with Crippen LogP contribution in [0.4, 0.5) is 4.39 Å². The van der Waals surface area contributed by atoms with E-state index < -0.39 is 0 Å². The molecule has 0 unspecified atom stereocenters. The molecule has 1 aliphatic rings. The average Bonchev–Trinajstić information content (AvgIpc) is 2.85. The van der Waals surface area contributed by atoms with Crippen molar-refractivity contribution in [3.05, 3.63) is 88.7 Å². The van der Waals surface area contributed by atoms with Crippen LogP contribution in [0.25, 0.3) is 11.1 Å². The molecule has 3 aromatic carbocycles. The number of benzene rings is 3. The van der Waals surface area contributed by atoms with Gasteiger partial charge in [-0.1, -0.05) is 55.3 Å². The largest absolute Gasteiger partial charge is 0.490 e. The molecule has 0 aliphatic heterocycles. The second-order valence-corrected chi connectivity index (χ2v) is 9.21. The van der Waals surface area contributed by atoms with Gasteiger partial charge in [-0.05, 0) is 97.7 Å². The van der Waals surface area contributed by atoms with Crippen LogP contribution in [0.15, 0.2) is 66.7 Å². The van der Waals surface area contributed by atoms with Crippen LogP contribution in [-0.4, -0.2) is 18.5 Å². The van der Waals surface area contributed by atoms with Gasteiger partial charge in [0.25, 0.3) is 0 Å². The van der Waals surface area contributed by atoms with Gasteiger partial charge in [-0.15, -0.1) is 0 Å². The van der Waals surface area contributed by atoms with E-state index in [9.17, 15) is 4.39 Å². The maximum Gasteiger partial charge on any atom is 0.123 e. The van der Waals surface area contributed by atoms with Gasteiger partial charge in [-0.2, -0.15) is 0 Å². The van der Waals surface area contributed by atoms with Crippen molar-refractivity contribution in [3.8, 4) is 16.9 Å². The number of rotatable bonds is 8. The number of aldehydes is 1. The van der Waals surface area contributed by atoms with E-state index >= 15 is 0 Å². The lowest BCUT2D eigenvalue weighted by molar-refractivity contribution is -0.106. The van der Waals surface area contributed by atoms with E-state index in [4.69, 9.17) is 25.9 Å². The maximum absolute atomic E-state index is 13.8. The van der Waals surface area contributed by atoms with Gasteiger partial charge in [-0.3, -0.25) is 0 Å². The first-order chi connectivity index (χ1) is 17.0. The predicted octanol–water partition coefficient (Wildman–Crippen LogP) is 8.21. The minimum Gasteiger partial charge on any atom is -0.490 e. The summed E-state index contributed by atoms with van der Waals surface area (Å²) < 4.78 is 26.3. The molecule has 3 nitrogen and oxygen atoms in total. The van der Waals surface area contributed by atoms with Crippen LogP contribution in [0.2, 0.25) is 5.02 Å². The summed E-state index contributed by atoms with van der Waals surface area (Å²) in [6, 6.07) is 20.9. The van der Waals surface area contributed by atoms with Crippen molar-refractivity contribution in [3.63, 3.8) is 0 Å². The highest BCUT2D eigenvalue weighted by atomic mass is 35.5. The lowest BCUT2D eigenvalue weighted by atomic mass is 9.94. The Morgan fingerprint density at radius 3 is 2.37 bits per heavy atom. The summed E-state index contributed by atoms with van der Waals surface area (Å²) in [4.78, 5) is 8.81. The Labute approximate surface area is 213 Å². The molecule has 0 saturated heterocycles. The summed E-state index contributed by atoms with van der Waals surface area (Å²) >= 11 is 6.06. The Morgan fingerprint density at radius 1 is 0.971 bits per heavy atom. The molecule has 5 heteroatoms.